The number of aryl methyl sites for hydroxylation is 1. The second kappa shape index (κ2) is 14.1. The van der Waals surface area contributed by atoms with Gasteiger partial charge in [-0.2, -0.15) is 4.52 Å². The van der Waals surface area contributed by atoms with Gasteiger partial charge in [-0.05, 0) is 58.6 Å². The molecule has 8 nitrogen and oxygen atoms in total. The number of halogens is 1. The topological polar surface area (TPSA) is 81.8 Å². The first kappa shape index (κ1) is 34.0. The lowest BCUT2D eigenvalue weighted by Crippen LogP contribution is -2.56. The first-order valence-electron chi connectivity index (χ1n) is 17.1. The maximum atomic E-state index is 13.5. The van der Waals surface area contributed by atoms with Crippen molar-refractivity contribution in [3.8, 4) is 11.3 Å². The van der Waals surface area contributed by atoms with E-state index in [0.29, 0.717) is 6.54 Å². The predicted molar refractivity (Wildman–Crippen MR) is 205 cm³/mol. The van der Waals surface area contributed by atoms with Crippen molar-refractivity contribution in [3.05, 3.63) is 113 Å². The van der Waals surface area contributed by atoms with Crippen LogP contribution in [0.1, 0.15) is 45.1 Å². The van der Waals surface area contributed by atoms with Gasteiger partial charge in [0.25, 0.3) is 0 Å². The van der Waals surface area contributed by atoms with Gasteiger partial charge in [-0.1, -0.05) is 87.5 Å². The highest BCUT2D eigenvalue weighted by atomic mass is 32.1. The Morgan fingerprint density at radius 2 is 1.74 bits per heavy atom. The van der Waals surface area contributed by atoms with E-state index in [1.807, 2.05) is 40.0 Å². The van der Waals surface area contributed by atoms with Crippen LogP contribution in [0.5, 0.6) is 0 Å². The minimum absolute atomic E-state index is 0.0430. The number of rotatable bonds is 9. The molecule has 3 aromatic carbocycles. The number of aliphatic hydroxyl groups is 1. The highest BCUT2D eigenvalue weighted by Gasteiger charge is 2.36. The Labute approximate surface area is 298 Å². The van der Waals surface area contributed by atoms with Gasteiger partial charge in [-0.15, -0.1) is 16.4 Å². The Morgan fingerprint density at radius 1 is 1.00 bits per heavy atom. The number of hydrogen-bond donors (Lipinski definition) is 2. The molecule has 50 heavy (non-hydrogen) atoms. The Morgan fingerprint density at radius 3 is 2.48 bits per heavy atom. The van der Waals surface area contributed by atoms with Crippen LogP contribution in [0.25, 0.3) is 16.9 Å². The fourth-order valence-electron chi connectivity index (χ4n) is 6.96. The molecule has 0 spiro atoms. The summed E-state index contributed by atoms with van der Waals surface area (Å²) in [6.07, 6.45) is 0.0437. The standard InChI is InChI=1S/C39H43FN7OSSi/c1-6-30-37(45(5)38-43-32(25-49-38)26-16-18-27(40)19-17-26)47-34(42-30)20-21-35(44-47)46-23-22-41-31(24-46)36(48)29-14-10-11-15-33(29)50(39(2,3)4)28-12-8-7-9-13-28/h7-21,25,31,36,41,48H,6,22-24H2,1-5H3/t31-,36?/m1/s1. The zero-order chi connectivity index (χ0) is 35.0. The van der Waals surface area contributed by atoms with Gasteiger partial charge in [-0.3, -0.25) is 0 Å². The second-order valence-electron chi connectivity index (χ2n) is 13.8. The molecule has 1 unspecified atom stereocenters. The molecule has 257 valence electrons. The molecule has 11 heteroatoms. The van der Waals surface area contributed by atoms with Crippen LogP contribution in [0.4, 0.5) is 21.2 Å². The van der Waals surface area contributed by atoms with E-state index >= 15 is 0 Å². The van der Waals surface area contributed by atoms with Gasteiger partial charge in [0.1, 0.15) is 20.4 Å². The zero-order valence-electron chi connectivity index (χ0n) is 29.1. The van der Waals surface area contributed by atoms with Crippen molar-refractivity contribution < 1.29 is 9.50 Å². The summed E-state index contributed by atoms with van der Waals surface area (Å²) in [4.78, 5) is 14.1. The summed E-state index contributed by atoms with van der Waals surface area (Å²) < 4.78 is 15.5. The van der Waals surface area contributed by atoms with Gasteiger partial charge in [-0.25, -0.2) is 14.4 Å². The number of aliphatic hydroxyl groups excluding tert-OH is 1. The summed E-state index contributed by atoms with van der Waals surface area (Å²) in [5, 5.41) is 26.2. The van der Waals surface area contributed by atoms with Crippen LogP contribution in [-0.2, 0) is 6.42 Å². The Bertz CT molecular complexity index is 2080. The molecule has 1 saturated heterocycles. The smallest absolute Gasteiger partial charge is 0.191 e. The molecule has 7 rings (SSSR count). The quantitative estimate of drug-likeness (QED) is 0.173. The molecule has 1 aliphatic heterocycles. The van der Waals surface area contributed by atoms with Crippen molar-refractivity contribution in [2.75, 3.05) is 36.5 Å². The Kier molecular flexibility index (Phi) is 9.58. The van der Waals surface area contributed by atoms with Crippen LogP contribution < -0.4 is 25.5 Å². The van der Waals surface area contributed by atoms with Crippen LogP contribution in [0.3, 0.4) is 0 Å². The van der Waals surface area contributed by atoms with E-state index in [2.05, 4.69) is 86.4 Å². The molecular weight excluding hydrogens is 662 g/mol. The largest absolute Gasteiger partial charge is 0.387 e. The summed E-state index contributed by atoms with van der Waals surface area (Å²) in [5.41, 5.74) is 4.35. The summed E-state index contributed by atoms with van der Waals surface area (Å²) in [6.45, 7) is 11.1. The number of nitrogens with one attached hydrogen (secondary N) is 1. The molecule has 2 atom stereocenters. The molecule has 1 fully saturated rings. The van der Waals surface area contributed by atoms with E-state index in [-0.39, 0.29) is 16.9 Å². The summed E-state index contributed by atoms with van der Waals surface area (Å²) in [5.74, 6) is 1.42. The Balaban J connectivity index is 1.17. The van der Waals surface area contributed by atoms with Gasteiger partial charge in [0.2, 0.25) is 0 Å². The second-order valence-corrected chi connectivity index (χ2v) is 18.0. The third-order valence-corrected chi connectivity index (χ3v) is 13.7. The van der Waals surface area contributed by atoms with Crippen LogP contribution in [0.15, 0.2) is 96.4 Å². The number of anilines is 3. The van der Waals surface area contributed by atoms with Gasteiger partial charge in [0.05, 0.1) is 23.5 Å². The molecule has 1 aliphatic rings. The average molecular weight is 705 g/mol. The number of imidazole rings is 1. The number of piperazine rings is 1. The van der Waals surface area contributed by atoms with E-state index in [1.165, 1.54) is 33.8 Å². The number of hydrogen-bond acceptors (Lipinski definition) is 8. The first-order chi connectivity index (χ1) is 24.1. The third-order valence-electron chi connectivity index (χ3n) is 9.35. The zero-order valence-corrected chi connectivity index (χ0v) is 31.0. The first-order valence-corrected chi connectivity index (χ1v) is 19.5. The number of nitrogens with zero attached hydrogens (tertiary/aromatic N) is 6. The van der Waals surface area contributed by atoms with Crippen LogP contribution in [0.2, 0.25) is 5.04 Å². The lowest BCUT2D eigenvalue weighted by molar-refractivity contribution is 0.126. The number of fused-ring (bicyclic) bond motifs is 1. The normalized spacial score (nSPS) is 15.9. The van der Waals surface area contributed by atoms with Crippen molar-refractivity contribution in [2.24, 2.45) is 0 Å². The molecular formula is C39H43FN7OSSi. The van der Waals surface area contributed by atoms with Gasteiger partial charge >= 0.3 is 0 Å². The van der Waals surface area contributed by atoms with E-state index < -0.39 is 14.9 Å². The van der Waals surface area contributed by atoms with Gasteiger partial charge < -0.3 is 20.2 Å². The monoisotopic (exact) mass is 704 g/mol. The Hall–Kier alpha value is -4.42. The molecule has 3 aromatic heterocycles. The molecule has 4 heterocycles. The SMILES string of the molecule is CCc1nc2ccc(N3CCN[C@@H](C(O)c4ccccc4[Si](c4ccccc4)C(C)(C)C)C3)nn2c1N(C)c1nc(-c2ccc(F)cc2)cs1. The van der Waals surface area contributed by atoms with Gasteiger partial charge in [0.15, 0.2) is 16.6 Å². The van der Waals surface area contributed by atoms with Crippen molar-refractivity contribution in [1.82, 2.24) is 24.9 Å². The minimum atomic E-state index is -1.22. The maximum absolute atomic E-state index is 13.5. The van der Waals surface area contributed by atoms with Crippen LogP contribution in [0, 0.1) is 5.82 Å². The molecule has 0 amide bonds. The molecule has 6 aromatic rings. The fourth-order valence-corrected chi connectivity index (χ4v) is 11.1. The summed E-state index contributed by atoms with van der Waals surface area (Å²) in [7, 11) is 0.772. The van der Waals surface area contributed by atoms with Crippen molar-refractivity contribution >= 4 is 52.9 Å². The van der Waals surface area contributed by atoms with Crippen molar-refractivity contribution in [2.45, 2.75) is 51.3 Å². The average Bonchev–Trinajstić information content (AvgIpc) is 3.77. The van der Waals surface area contributed by atoms with E-state index in [9.17, 15) is 9.50 Å². The minimum Gasteiger partial charge on any atom is -0.387 e. The lowest BCUT2D eigenvalue weighted by Gasteiger charge is -2.38. The number of thiazole rings is 1. The summed E-state index contributed by atoms with van der Waals surface area (Å²) >= 11 is 1.53. The molecule has 2 N–H and O–H groups in total. The van der Waals surface area contributed by atoms with E-state index in [4.69, 9.17) is 15.1 Å². The summed E-state index contributed by atoms with van der Waals surface area (Å²) in [6, 6.07) is 29.5. The van der Waals surface area contributed by atoms with E-state index in [1.54, 1.807) is 12.1 Å². The van der Waals surface area contributed by atoms with Gasteiger partial charge in [0, 0.05) is 37.6 Å². The van der Waals surface area contributed by atoms with Crippen LogP contribution in [-0.4, -0.2) is 66.2 Å². The number of benzene rings is 3. The molecule has 0 saturated carbocycles. The highest BCUT2D eigenvalue weighted by molar-refractivity contribution is 7.14. The molecule has 0 aliphatic carbocycles. The fraction of sp³-hybridized carbons (Fsp3) is 0.308. The predicted octanol–water partition coefficient (Wildman–Crippen LogP) is 6.24. The van der Waals surface area contributed by atoms with Crippen molar-refractivity contribution in [3.63, 3.8) is 0 Å². The lowest BCUT2D eigenvalue weighted by atomic mass is 10.00. The molecule has 1 radical (unpaired) electrons. The maximum Gasteiger partial charge on any atom is 0.191 e. The number of aromatic nitrogens is 4. The molecule has 0 bridgehead atoms. The van der Waals surface area contributed by atoms with Crippen LogP contribution >= 0.6 is 11.3 Å². The van der Waals surface area contributed by atoms with Crippen molar-refractivity contribution in [1.29, 1.82) is 0 Å². The van der Waals surface area contributed by atoms with E-state index in [0.717, 1.165) is 64.4 Å². The third kappa shape index (κ3) is 6.70. The highest BCUT2D eigenvalue weighted by Crippen LogP contribution is 2.34.